The molecule has 1 unspecified atom stereocenters. The highest BCUT2D eigenvalue weighted by Crippen LogP contribution is 1.94. The molecule has 0 aliphatic heterocycles. The van der Waals surface area contributed by atoms with Crippen LogP contribution in [0.25, 0.3) is 0 Å². The zero-order chi connectivity index (χ0) is 11.1. The Morgan fingerprint density at radius 3 is 2.73 bits per heavy atom. The van der Waals surface area contributed by atoms with Crippen molar-refractivity contribution >= 4 is 5.97 Å². The molecular weight excluding hydrogens is 192 g/mol. The molecule has 1 rings (SSSR count). The molecule has 0 saturated carbocycles. The normalized spacial score (nSPS) is 11.1. The highest BCUT2D eigenvalue weighted by Gasteiger charge is 2.00. The van der Waals surface area contributed by atoms with Crippen molar-refractivity contribution in [3.8, 4) is 11.8 Å². The van der Waals surface area contributed by atoms with Gasteiger partial charge in [0, 0.05) is 11.5 Å². The molecule has 0 aliphatic carbocycles. The van der Waals surface area contributed by atoms with E-state index in [-0.39, 0.29) is 6.61 Å². The van der Waals surface area contributed by atoms with E-state index in [2.05, 4.69) is 16.6 Å². The van der Waals surface area contributed by atoms with Crippen LogP contribution < -0.4 is 0 Å². The standard InChI is InChI=1S/C12H12O3/c1-10(13)9-15-12(14)8-7-11-5-3-2-4-6-11/h2-6,10,13H,9H2,1H3. The van der Waals surface area contributed by atoms with Crippen LogP contribution in [0, 0.1) is 11.8 Å². The number of hydrogen-bond donors (Lipinski definition) is 1. The summed E-state index contributed by atoms with van der Waals surface area (Å²) in [5.41, 5.74) is 0.756. The molecule has 3 nitrogen and oxygen atoms in total. The minimum Gasteiger partial charge on any atom is -0.453 e. The molecule has 0 radical (unpaired) electrons. The predicted molar refractivity (Wildman–Crippen MR) is 56.0 cm³/mol. The highest BCUT2D eigenvalue weighted by atomic mass is 16.5. The second-order valence-electron chi connectivity index (χ2n) is 3.06. The Morgan fingerprint density at radius 1 is 1.47 bits per heavy atom. The Morgan fingerprint density at radius 2 is 2.13 bits per heavy atom. The average Bonchev–Trinajstić information content (AvgIpc) is 2.25. The Balaban J connectivity index is 2.48. The van der Waals surface area contributed by atoms with Crippen molar-refractivity contribution in [3.63, 3.8) is 0 Å². The van der Waals surface area contributed by atoms with Crippen molar-refractivity contribution in [1.29, 1.82) is 0 Å². The third kappa shape index (κ3) is 4.84. The van der Waals surface area contributed by atoms with Crippen molar-refractivity contribution in [2.45, 2.75) is 13.0 Å². The van der Waals surface area contributed by atoms with Crippen LogP contribution in [-0.4, -0.2) is 23.8 Å². The van der Waals surface area contributed by atoms with Gasteiger partial charge in [-0.3, -0.25) is 0 Å². The van der Waals surface area contributed by atoms with Crippen LogP contribution in [0.1, 0.15) is 12.5 Å². The Labute approximate surface area is 88.7 Å². The minimum atomic E-state index is -0.660. The molecule has 78 valence electrons. The maximum Gasteiger partial charge on any atom is 0.384 e. The molecule has 0 fully saturated rings. The van der Waals surface area contributed by atoms with Gasteiger partial charge in [-0.05, 0) is 19.1 Å². The van der Waals surface area contributed by atoms with Crippen LogP contribution in [-0.2, 0) is 9.53 Å². The lowest BCUT2D eigenvalue weighted by molar-refractivity contribution is -0.139. The Bertz CT molecular complexity index is 371. The van der Waals surface area contributed by atoms with Gasteiger partial charge in [-0.1, -0.05) is 24.1 Å². The third-order valence-electron chi connectivity index (χ3n) is 1.54. The van der Waals surface area contributed by atoms with Gasteiger partial charge in [0.15, 0.2) is 0 Å². The van der Waals surface area contributed by atoms with Gasteiger partial charge in [-0.2, -0.15) is 0 Å². The van der Waals surface area contributed by atoms with E-state index in [1.54, 1.807) is 12.1 Å². The Kier molecular flexibility index (Phi) is 4.39. The van der Waals surface area contributed by atoms with Gasteiger partial charge >= 0.3 is 5.97 Å². The third-order valence-corrected chi connectivity index (χ3v) is 1.54. The lowest BCUT2D eigenvalue weighted by Gasteiger charge is -2.01. The van der Waals surface area contributed by atoms with Gasteiger partial charge in [0.25, 0.3) is 0 Å². The zero-order valence-corrected chi connectivity index (χ0v) is 8.43. The summed E-state index contributed by atoms with van der Waals surface area (Å²) < 4.78 is 4.66. The molecule has 0 bridgehead atoms. The summed E-state index contributed by atoms with van der Waals surface area (Å²) in [6.45, 7) is 1.51. The van der Waals surface area contributed by atoms with Crippen LogP contribution in [0.3, 0.4) is 0 Å². The summed E-state index contributed by atoms with van der Waals surface area (Å²) >= 11 is 0. The molecule has 0 saturated heterocycles. The first-order chi connectivity index (χ1) is 7.18. The predicted octanol–water partition coefficient (Wildman–Crippen LogP) is 0.962. The fourth-order valence-corrected chi connectivity index (χ4v) is 0.877. The fraction of sp³-hybridized carbons (Fsp3) is 0.250. The van der Waals surface area contributed by atoms with E-state index in [1.165, 1.54) is 6.92 Å². The molecule has 1 atom stereocenters. The van der Waals surface area contributed by atoms with Crippen LogP contribution in [0.4, 0.5) is 0 Å². The number of rotatable bonds is 2. The summed E-state index contributed by atoms with van der Waals surface area (Å²) in [7, 11) is 0. The van der Waals surface area contributed by atoms with Crippen molar-refractivity contribution in [1.82, 2.24) is 0 Å². The quantitative estimate of drug-likeness (QED) is 0.576. The molecule has 0 spiro atoms. The summed E-state index contributed by atoms with van der Waals surface area (Å²) in [5.74, 6) is 4.37. The van der Waals surface area contributed by atoms with Gasteiger partial charge in [0.05, 0.1) is 6.10 Å². The molecule has 15 heavy (non-hydrogen) atoms. The lowest BCUT2D eigenvalue weighted by Crippen LogP contribution is -2.13. The van der Waals surface area contributed by atoms with E-state index >= 15 is 0 Å². The van der Waals surface area contributed by atoms with E-state index in [1.807, 2.05) is 18.2 Å². The molecule has 1 N–H and O–H groups in total. The monoisotopic (exact) mass is 204 g/mol. The van der Waals surface area contributed by atoms with Gasteiger partial charge < -0.3 is 9.84 Å². The smallest absolute Gasteiger partial charge is 0.384 e. The number of aliphatic hydroxyl groups is 1. The number of benzene rings is 1. The number of aliphatic hydroxyl groups excluding tert-OH is 1. The van der Waals surface area contributed by atoms with E-state index in [0.717, 1.165) is 5.56 Å². The number of carbonyl (C=O) groups is 1. The number of esters is 1. The average molecular weight is 204 g/mol. The molecule has 0 aliphatic rings. The second kappa shape index (κ2) is 5.84. The van der Waals surface area contributed by atoms with Crippen molar-refractivity contribution in [2.75, 3.05) is 6.61 Å². The van der Waals surface area contributed by atoms with Gasteiger partial charge in [0.2, 0.25) is 0 Å². The highest BCUT2D eigenvalue weighted by molar-refractivity contribution is 5.89. The molecule has 1 aromatic carbocycles. The van der Waals surface area contributed by atoms with Crippen molar-refractivity contribution < 1.29 is 14.6 Å². The molecule has 1 aromatic rings. The van der Waals surface area contributed by atoms with E-state index in [0.29, 0.717) is 0 Å². The van der Waals surface area contributed by atoms with Gasteiger partial charge in [0.1, 0.15) is 6.61 Å². The number of ether oxygens (including phenoxy) is 1. The molecule has 3 heteroatoms. The van der Waals surface area contributed by atoms with Crippen LogP contribution in [0.15, 0.2) is 30.3 Å². The van der Waals surface area contributed by atoms with E-state index in [4.69, 9.17) is 5.11 Å². The zero-order valence-electron chi connectivity index (χ0n) is 8.43. The van der Waals surface area contributed by atoms with Crippen molar-refractivity contribution in [2.24, 2.45) is 0 Å². The lowest BCUT2D eigenvalue weighted by atomic mass is 10.2. The first kappa shape index (κ1) is 11.3. The van der Waals surface area contributed by atoms with Gasteiger partial charge in [-0.25, -0.2) is 4.79 Å². The molecule has 0 heterocycles. The van der Waals surface area contributed by atoms with E-state index in [9.17, 15) is 4.79 Å². The molecule has 0 aromatic heterocycles. The largest absolute Gasteiger partial charge is 0.453 e. The van der Waals surface area contributed by atoms with Crippen molar-refractivity contribution in [3.05, 3.63) is 35.9 Å². The van der Waals surface area contributed by atoms with Crippen LogP contribution in [0.2, 0.25) is 0 Å². The maximum atomic E-state index is 11.0. The van der Waals surface area contributed by atoms with Crippen LogP contribution >= 0.6 is 0 Å². The molecule has 0 amide bonds. The SMILES string of the molecule is CC(O)COC(=O)C#Cc1ccccc1. The number of carbonyl (C=O) groups excluding carboxylic acids is 1. The first-order valence-electron chi connectivity index (χ1n) is 4.60. The first-order valence-corrected chi connectivity index (χ1v) is 4.60. The summed E-state index contributed by atoms with van der Waals surface area (Å²) in [4.78, 5) is 11.0. The number of hydrogen-bond acceptors (Lipinski definition) is 3. The van der Waals surface area contributed by atoms with Gasteiger partial charge in [-0.15, -0.1) is 0 Å². The summed E-state index contributed by atoms with van der Waals surface area (Å²) in [5, 5.41) is 8.86. The van der Waals surface area contributed by atoms with E-state index < -0.39 is 12.1 Å². The Hall–Kier alpha value is -1.79. The summed E-state index contributed by atoms with van der Waals surface area (Å²) in [6, 6.07) is 9.15. The van der Waals surface area contributed by atoms with Crippen LogP contribution in [0.5, 0.6) is 0 Å². The second-order valence-corrected chi connectivity index (χ2v) is 3.06. The molecular formula is C12H12O3. The minimum absolute atomic E-state index is 0.0255. The fourth-order valence-electron chi connectivity index (χ4n) is 0.877. The topological polar surface area (TPSA) is 46.5 Å². The summed E-state index contributed by atoms with van der Waals surface area (Å²) in [6.07, 6.45) is -0.660. The maximum absolute atomic E-state index is 11.0.